The van der Waals surface area contributed by atoms with Crippen molar-refractivity contribution in [2.45, 2.75) is 57.1 Å². The molecule has 0 spiro atoms. The number of sulfonamides is 1. The highest BCUT2D eigenvalue weighted by atomic mass is 79.9. The van der Waals surface area contributed by atoms with Gasteiger partial charge < -0.3 is 9.47 Å². The smallest absolute Gasteiger partial charge is 0.425 e. The number of hydrogen-bond donors (Lipinski definition) is 0. The second kappa shape index (κ2) is 9.85. The first-order valence-corrected chi connectivity index (χ1v) is 12.9. The molecule has 3 rings (SSSR count). The lowest BCUT2D eigenvalue weighted by molar-refractivity contribution is -0.146. The topological polar surface area (TPSA) is 90.0 Å². The Hall–Kier alpha value is -2.39. The molecule has 1 fully saturated rings. The third-order valence-electron chi connectivity index (χ3n) is 4.98. The zero-order valence-electron chi connectivity index (χ0n) is 19.1. The van der Waals surface area contributed by atoms with Crippen LogP contribution in [0, 0.1) is 12.8 Å². The minimum atomic E-state index is -4.34. The monoisotopic (exact) mass is 537 g/mol. The zero-order valence-corrected chi connectivity index (χ0v) is 21.5. The molecule has 7 nitrogen and oxygen atoms in total. The van der Waals surface area contributed by atoms with Crippen LogP contribution < -0.4 is 0 Å². The fourth-order valence-electron chi connectivity index (χ4n) is 3.11. The van der Waals surface area contributed by atoms with Crippen LogP contribution in [0.5, 0.6) is 0 Å². The molecule has 1 amide bonds. The quantitative estimate of drug-likeness (QED) is 0.440. The number of rotatable bonds is 7. The largest absolute Gasteiger partial charge is 0.463 e. The number of nitrogens with zero attached hydrogens (tertiary/aromatic N) is 1. The zero-order chi connectivity index (χ0) is 24.4. The highest BCUT2D eigenvalue weighted by molar-refractivity contribution is 9.10. The highest BCUT2D eigenvalue weighted by Gasteiger charge is 2.41. The van der Waals surface area contributed by atoms with Gasteiger partial charge in [0.25, 0.3) is 10.0 Å². The lowest BCUT2D eigenvalue weighted by Gasteiger charge is -2.33. The van der Waals surface area contributed by atoms with E-state index in [0.29, 0.717) is 9.87 Å². The normalized spacial score (nSPS) is 14.9. The van der Waals surface area contributed by atoms with Gasteiger partial charge in [0.1, 0.15) is 18.2 Å². The Morgan fingerprint density at radius 2 is 1.64 bits per heavy atom. The van der Waals surface area contributed by atoms with Crippen molar-refractivity contribution in [2.24, 2.45) is 5.92 Å². The van der Waals surface area contributed by atoms with Crippen LogP contribution in [0.1, 0.15) is 50.8 Å². The van der Waals surface area contributed by atoms with Gasteiger partial charge in [-0.25, -0.2) is 13.2 Å². The molecule has 178 valence electrons. The van der Waals surface area contributed by atoms with Gasteiger partial charge in [0.2, 0.25) is 0 Å². The Morgan fingerprint density at radius 3 is 2.15 bits per heavy atom. The molecule has 0 saturated heterocycles. The number of carbonyl (C=O) groups excluding carboxylic acids is 2. The first-order valence-electron chi connectivity index (χ1n) is 10.6. The van der Waals surface area contributed by atoms with Crippen LogP contribution in [0.2, 0.25) is 0 Å². The summed E-state index contributed by atoms with van der Waals surface area (Å²) in [7, 11) is -4.34. The lowest BCUT2D eigenvalue weighted by atomic mass is 10.1. The van der Waals surface area contributed by atoms with Gasteiger partial charge in [-0.15, -0.1) is 0 Å². The standard InChI is InChI=1S/C24H28BrNO6S/c1-16-5-13-20(14-6-16)33(29,30)26(23(28)32-24(2,3)4)21(15-31-22(27)18-7-8-18)17-9-11-19(25)12-10-17/h5-6,9-14,18,21H,7-8,15H2,1-4H3/t21-/m0/s1. The summed E-state index contributed by atoms with van der Waals surface area (Å²) >= 11 is 3.36. The fourth-order valence-corrected chi connectivity index (χ4v) is 4.83. The molecule has 2 aromatic carbocycles. The van der Waals surface area contributed by atoms with E-state index in [2.05, 4.69) is 15.9 Å². The first kappa shape index (κ1) is 25.2. The molecule has 0 aromatic heterocycles. The van der Waals surface area contributed by atoms with Gasteiger partial charge in [0.05, 0.1) is 10.8 Å². The Labute approximate surface area is 203 Å². The Bertz CT molecular complexity index is 1100. The molecule has 9 heteroatoms. The van der Waals surface area contributed by atoms with Crippen LogP contribution in [-0.4, -0.2) is 37.0 Å². The molecule has 0 N–H and O–H groups in total. The minimum absolute atomic E-state index is 0.0606. The molecular weight excluding hydrogens is 510 g/mol. The maximum atomic E-state index is 13.7. The predicted molar refractivity (Wildman–Crippen MR) is 127 cm³/mol. The van der Waals surface area contributed by atoms with Crippen molar-refractivity contribution >= 4 is 38.0 Å². The maximum Gasteiger partial charge on any atom is 0.425 e. The van der Waals surface area contributed by atoms with Crippen molar-refractivity contribution in [2.75, 3.05) is 6.61 Å². The van der Waals surface area contributed by atoms with Crippen molar-refractivity contribution in [1.82, 2.24) is 4.31 Å². The van der Waals surface area contributed by atoms with E-state index in [1.54, 1.807) is 57.2 Å². The Balaban J connectivity index is 2.08. The Morgan fingerprint density at radius 1 is 1.06 bits per heavy atom. The van der Waals surface area contributed by atoms with Gasteiger partial charge >= 0.3 is 12.1 Å². The van der Waals surface area contributed by atoms with Crippen LogP contribution in [0.15, 0.2) is 57.9 Å². The van der Waals surface area contributed by atoms with E-state index in [1.807, 2.05) is 6.92 Å². The number of ether oxygens (including phenoxy) is 2. The van der Waals surface area contributed by atoms with Gasteiger partial charge in [-0.3, -0.25) is 4.79 Å². The third kappa shape index (κ3) is 6.57. The minimum Gasteiger partial charge on any atom is -0.463 e. The van der Waals surface area contributed by atoms with E-state index < -0.39 is 33.7 Å². The summed E-state index contributed by atoms with van der Waals surface area (Å²) in [4.78, 5) is 25.5. The van der Waals surface area contributed by atoms with Crippen LogP contribution in [-0.2, 0) is 24.3 Å². The summed E-state index contributed by atoms with van der Waals surface area (Å²) in [5.41, 5.74) is 0.427. The summed E-state index contributed by atoms with van der Waals surface area (Å²) in [5, 5.41) is 0. The molecule has 0 heterocycles. The van der Waals surface area contributed by atoms with Crippen LogP contribution in [0.3, 0.4) is 0 Å². The average Bonchev–Trinajstić information content (AvgIpc) is 3.55. The van der Waals surface area contributed by atoms with Gasteiger partial charge in [-0.1, -0.05) is 45.8 Å². The van der Waals surface area contributed by atoms with E-state index in [4.69, 9.17) is 9.47 Å². The summed E-state index contributed by atoms with van der Waals surface area (Å²) < 4.78 is 39.8. The number of carbonyl (C=O) groups is 2. The van der Waals surface area contributed by atoms with Crippen molar-refractivity contribution in [3.05, 3.63) is 64.1 Å². The van der Waals surface area contributed by atoms with Crippen molar-refractivity contribution in [3.63, 3.8) is 0 Å². The lowest BCUT2D eigenvalue weighted by Crippen LogP contribution is -2.44. The number of hydrogen-bond acceptors (Lipinski definition) is 6. The number of esters is 1. The maximum absolute atomic E-state index is 13.7. The molecule has 0 bridgehead atoms. The van der Waals surface area contributed by atoms with Crippen LogP contribution in [0.4, 0.5) is 4.79 Å². The number of benzene rings is 2. The number of halogens is 1. The summed E-state index contributed by atoms with van der Waals surface area (Å²) in [6.07, 6.45) is 0.455. The van der Waals surface area contributed by atoms with E-state index in [9.17, 15) is 18.0 Å². The number of aryl methyl sites for hydroxylation is 1. The first-order chi connectivity index (χ1) is 15.4. The predicted octanol–water partition coefficient (Wildman–Crippen LogP) is 5.38. The molecule has 33 heavy (non-hydrogen) atoms. The second-order valence-corrected chi connectivity index (χ2v) is 11.8. The van der Waals surface area contributed by atoms with E-state index in [1.165, 1.54) is 12.1 Å². The SMILES string of the molecule is Cc1ccc(S(=O)(=O)N(C(=O)OC(C)(C)C)[C@@H](COC(=O)C2CC2)c2ccc(Br)cc2)cc1. The van der Waals surface area contributed by atoms with Gasteiger partial charge in [-0.05, 0) is 70.4 Å². The highest BCUT2D eigenvalue weighted by Crippen LogP contribution is 2.34. The molecule has 0 radical (unpaired) electrons. The molecular formula is C24H28BrNO6S. The fraction of sp³-hybridized carbons (Fsp3) is 0.417. The van der Waals surface area contributed by atoms with Gasteiger partial charge in [0, 0.05) is 4.47 Å². The van der Waals surface area contributed by atoms with Crippen molar-refractivity contribution in [1.29, 1.82) is 0 Å². The van der Waals surface area contributed by atoms with Crippen LogP contribution in [0.25, 0.3) is 0 Å². The molecule has 2 aromatic rings. The molecule has 1 aliphatic carbocycles. The van der Waals surface area contributed by atoms with Gasteiger partial charge in [0.15, 0.2) is 0 Å². The van der Waals surface area contributed by atoms with Gasteiger partial charge in [-0.2, -0.15) is 4.31 Å². The van der Waals surface area contributed by atoms with E-state index >= 15 is 0 Å². The van der Waals surface area contributed by atoms with E-state index in [-0.39, 0.29) is 17.4 Å². The van der Waals surface area contributed by atoms with Crippen molar-refractivity contribution in [3.8, 4) is 0 Å². The second-order valence-electron chi connectivity index (χ2n) is 9.07. The molecule has 0 unspecified atom stereocenters. The Kier molecular flexibility index (Phi) is 7.53. The summed E-state index contributed by atoms with van der Waals surface area (Å²) in [6, 6.07) is 11.9. The molecule has 1 saturated carbocycles. The summed E-state index contributed by atoms with van der Waals surface area (Å²) in [5.74, 6) is -0.562. The summed E-state index contributed by atoms with van der Waals surface area (Å²) in [6.45, 7) is 6.49. The molecule has 1 aliphatic rings. The molecule has 0 aliphatic heterocycles. The number of amides is 1. The third-order valence-corrected chi connectivity index (χ3v) is 7.30. The molecule has 1 atom stereocenters. The average molecular weight is 538 g/mol. The van der Waals surface area contributed by atoms with Crippen molar-refractivity contribution < 1.29 is 27.5 Å². The van der Waals surface area contributed by atoms with E-state index in [0.717, 1.165) is 22.9 Å². The van der Waals surface area contributed by atoms with Crippen LogP contribution >= 0.6 is 15.9 Å².